The van der Waals surface area contributed by atoms with Crippen molar-refractivity contribution in [2.24, 2.45) is 5.16 Å². The number of aromatic nitrogens is 2. The molecule has 0 aliphatic rings. The minimum absolute atomic E-state index is 0.171. The molecule has 2 rings (SSSR count). The van der Waals surface area contributed by atoms with Crippen LogP contribution in [-0.2, 0) is 14.4 Å². The number of hydrogen-bond donors (Lipinski definition) is 3. The lowest BCUT2D eigenvalue weighted by Crippen LogP contribution is -2.39. The van der Waals surface area contributed by atoms with Gasteiger partial charge in [0.15, 0.2) is 22.0 Å². The minimum atomic E-state index is -1.27. The van der Waals surface area contributed by atoms with Gasteiger partial charge in [0.1, 0.15) is 12.8 Å². The monoisotopic (exact) mass is 354 g/mol. The molecular formula is C11H12N7O3S2. The van der Waals surface area contributed by atoms with Crippen LogP contribution in [0.1, 0.15) is 17.4 Å². The van der Waals surface area contributed by atoms with Gasteiger partial charge in [-0.1, -0.05) is 5.16 Å². The highest BCUT2D eigenvalue weighted by Crippen LogP contribution is 2.19. The summed E-state index contributed by atoms with van der Waals surface area (Å²) in [4.78, 5) is 36.3. The zero-order valence-electron chi connectivity index (χ0n) is 11.8. The van der Waals surface area contributed by atoms with Gasteiger partial charge in [0, 0.05) is 10.8 Å². The molecule has 0 aromatic carbocycles. The molecule has 0 saturated heterocycles. The standard InChI is InChI=1S/C11H12N7O3S2/c1-21-18-7(5-3-23-11(14)16-5)9(20)17-6(8(12)19)4-2-22-10(13)15-4/h2-3,6,12H,1H3,(H2,13,15)(H2,14,16)(H,17,20). The van der Waals surface area contributed by atoms with Gasteiger partial charge in [-0.3, -0.25) is 15.3 Å². The fourth-order valence-corrected chi connectivity index (χ4v) is 2.73. The quantitative estimate of drug-likeness (QED) is 0.475. The number of oxime groups is 1. The Morgan fingerprint density at radius 1 is 1.30 bits per heavy atom. The number of nitrogens with two attached hydrogens (primary N) is 2. The van der Waals surface area contributed by atoms with Crippen molar-refractivity contribution in [2.45, 2.75) is 6.04 Å². The van der Waals surface area contributed by atoms with Gasteiger partial charge in [-0.05, 0) is 0 Å². The van der Waals surface area contributed by atoms with E-state index >= 15 is 0 Å². The third-order valence-corrected chi connectivity index (χ3v) is 3.90. The van der Waals surface area contributed by atoms with Gasteiger partial charge in [-0.15, -0.1) is 22.7 Å². The van der Waals surface area contributed by atoms with E-state index < -0.39 is 17.9 Å². The van der Waals surface area contributed by atoms with Gasteiger partial charge in [-0.2, -0.15) is 0 Å². The van der Waals surface area contributed by atoms with E-state index in [4.69, 9.17) is 17.2 Å². The summed E-state index contributed by atoms with van der Waals surface area (Å²) in [6.45, 7) is 0. The summed E-state index contributed by atoms with van der Waals surface area (Å²) in [7, 11) is 1.26. The second kappa shape index (κ2) is 7.02. The van der Waals surface area contributed by atoms with Crippen LogP contribution in [0.25, 0.3) is 0 Å². The highest BCUT2D eigenvalue weighted by atomic mass is 32.1. The van der Waals surface area contributed by atoms with Crippen LogP contribution in [0.5, 0.6) is 0 Å². The second-order valence-corrected chi connectivity index (χ2v) is 5.85. The normalized spacial score (nSPS) is 12.7. The molecule has 12 heteroatoms. The molecule has 0 aliphatic heterocycles. The zero-order chi connectivity index (χ0) is 17.0. The lowest BCUT2D eigenvalue weighted by Gasteiger charge is -2.12. The van der Waals surface area contributed by atoms with Crippen LogP contribution < -0.4 is 22.5 Å². The molecule has 121 valence electrons. The molecule has 1 unspecified atom stereocenters. The van der Waals surface area contributed by atoms with Crippen LogP contribution >= 0.6 is 22.7 Å². The predicted octanol–water partition coefficient (Wildman–Crippen LogP) is -0.218. The highest BCUT2D eigenvalue weighted by Gasteiger charge is 2.27. The number of carbonyl (C=O) groups is 2. The first-order chi connectivity index (χ1) is 10.9. The van der Waals surface area contributed by atoms with Crippen LogP contribution in [0, 0.1) is 0 Å². The summed E-state index contributed by atoms with van der Waals surface area (Å²) in [6, 6.07) is -1.27. The summed E-state index contributed by atoms with van der Waals surface area (Å²) in [5.74, 6) is -1.80. The van der Waals surface area contributed by atoms with Crippen molar-refractivity contribution >= 4 is 50.5 Å². The van der Waals surface area contributed by atoms with E-state index in [2.05, 4.69) is 25.3 Å². The molecule has 6 N–H and O–H groups in total. The van der Waals surface area contributed by atoms with E-state index in [1.807, 2.05) is 0 Å². The number of carbonyl (C=O) groups excluding carboxylic acids is 2. The van der Waals surface area contributed by atoms with Crippen molar-refractivity contribution in [1.82, 2.24) is 21.0 Å². The lowest BCUT2D eigenvalue weighted by molar-refractivity contribution is -0.125. The molecule has 0 spiro atoms. The molecule has 10 nitrogen and oxygen atoms in total. The van der Waals surface area contributed by atoms with Gasteiger partial charge in [0.25, 0.3) is 11.8 Å². The van der Waals surface area contributed by atoms with Crippen molar-refractivity contribution in [3.05, 3.63) is 22.1 Å². The largest absolute Gasteiger partial charge is 0.398 e. The lowest BCUT2D eigenvalue weighted by atomic mass is 10.2. The average Bonchev–Trinajstić information content (AvgIpc) is 3.10. The molecule has 2 aromatic heterocycles. The zero-order valence-corrected chi connectivity index (χ0v) is 13.4. The molecular weight excluding hydrogens is 342 g/mol. The van der Waals surface area contributed by atoms with E-state index in [-0.39, 0.29) is 27.4 Å². The van der Waals surface area contributed by atoms with Gasteiger partial charge in [-0.25, -0.2) is 9.97 Å². The number of nitrogens with one attached hydrogen (secondary N) is 2. The number of anilines is 2. The highest BCUT2D eigenvalue weighted by molar-refractivity contribution is 7.14. The van der Waals surface area contributed by atoms with E-state index in [0.717, 1.165) is 22.7 Å². The maximum atomic E-state index is 12.3. The summed E-state index contributed by atoms with van der Waals surface area (Å²) in [6.07, 6.45) is 0. The van der Waals surface area contributed by atoms with Crippen molar-refractivity contribution in [3.8, 4) is 0 Å². The summed E-state index contributed by atoms with van der Waals surface area (Å²) in [5, 5.41) is 9.44. The number of rotatable bonds is 6. The fraction of sp³-hybridized carbons (Fsp3) is 0.182. The average molecular weight is 354 g/mol. The first kappa shape index (κ1) is 16.6. The molecule has 1 radical (unpaired) electrons. The Morgan fingerprint density at radius 2 is 1.96 bits per heavy atom. The molecule has 0 saturated carbocycles. The number of thiazole rings is 2. The topological polar surface area (TPSA) is 169 Å². The molecule has 0 bridgehead atoms. The Bertz CT molecular complexity index is 754. The molecule has 2 amide bonds. The van der Waals surface area contributed by atoms with Crippen LogP contribution in [0.2, 0.25) is 0 Å². The minimum Gasteiger partial charge on any atom is -0.398 e. The third-order valence-electron chi connectivity index (χ3n) is 2.54. The van der Waals surface area contributed by atoms with Gasteiger partial charge in [0.05, 0.1) is 5.69 Å². The van der Waals surface area contributed by atoms with E-state index in [1.54, 1.807) is 0 Å². The second-order valence-electron chi connectivity index (χ2n) is 4.07. The van der Waals surface area contributed by atoms with Crippen molar-refractivity contribution < 1.29 is 14.4 Å². The number of amides is 2. The molecule has 2 heterocycles. The smallest absolute Gasteiger partial charge is 0.276 e. The SMILES string of the molecule is CON=C(C(=O)NC(C([NH])=O)c1csc(N)n1)c1csc(N)n1. The van der Waals surface area contributed by atoms with E-state index in [9.17, 15) is 9.59 Å². The van der Waals surface area contributed by atoms with Gasteiger partial charge < -0.3 is 21.6 Å². The molecule has 1 atom stereocenters. The molecule has 0 aliphatic carbocycles. The van der Waals surface area contributed by atoms with Gasteiger partial charge >= 0.3 is 0 Å². The number of nitrogens with zero attached hydrogens (tertiary/aromatic N) is 3. The Hall–Kier alpha value is -2.73. The van der Waals surface area contributed by atoms with Crippen molar-refractivity contribution in [1.29, 1.82) is 0 Å². The van der Waals surface area contributed by atoms with Crippen LogP contribution in [0.15, 0.2) is 15.9 Å². The Morgan fingerprint density at radius 3 is 2.43 bits per heavy atom. The Labute approximate surface area is 138 Å². The van der Waals surface area contributed by atoms with Crippen molar-refractivity contribution in [3.63, 3.8) is 0 Å². The number of nitrogen functional groups attached to an aromatic ring is 2. The molecule has 0 fully saturated rings. The Kier molecular flexibility index (Phi) is 5.08. The fourth-order valence-electron chi connectivity index (χ4n) is 1.60. The van der Waals surface area contributed by atoms with Crippen molar-refractivity contribution in [2.75, 3.05) is 18.6 Å². The first-order valence-electron chi connectivity index (χ1n) is 6.02. The maximum Gasteiger partial charge on any atom is 0.276 e. The van der Waals surface area contributed by atoms with E-state index in [1.165, 1.54) is 17.9 Å². The Balaban J connectivity index is 2.26. The molecule has 23 heavy (non-hydrogen) atoms. The van der Waals surface area contributed by atoms with E-state index in [0.29, 0.717) is 0 Å². The third kappa shape index (κ3) is 3.92. The van der Waals surface area contributed by atoms with Crippen LogP contribution in [0.4, 0.5) is 10.3 Å². The summed E-state index contributed by atoms with van der Waals surface area (Å²) < 4.78 is 0. The van der Waals surface area contributed by atoms with Crippen LogP contribution in [-0.4, -0.2) is 34.6 Å². The number of hydrogen-bond acceptors (Lipinski definition) is 10. The summed E-state index contributed by atoms with van der Waals surface area (Å²) >= 11 is 2.21. The van der Waals surface area contributed by atoms with Gasteiger partial charge in [0.2, 0.25) is 0 Å². The summed E-state index contributed by atoms with van der Waals surface area (Å²) in [5.41, 5.74) is 18.5. The van der Waals surface area contributed by atoms with Crippen LogP contribution in [0.3, 0.4) is 0 Å². The predicted molar refractivity (Wildman–Crippen MR) is 85.6 cm³/mol. The maximum absolute atomic E-state index is 12.3. The molecule has 2 aromatic rings. The first-order valence-corrected chi connectivity index (χ1v) is 7.78.